The summed E-state index contributed by atoms with van der Waals surface area (Å²) in [5.74, 6) is 0.111. The molecule has 2 nitrogen and oxygen atoms in total. The predicted octanol–water partition coefficient (Wildman–Crippen LogP) is 2.43. The van der Waals surface area contributed by atoms with Crippen LogP contribution in [0.5, 0.6) is 0 Å². The zero-order valence-electron chi connectivity index (χ0n) is 9.49. The van der Waals surface area contributed by atoms with Crippen molar-refractivity contribution >= 4 is 18.5 Å². The number of rotatable bonds is 4. The van der Waals surface area contributed by atoms with Gasteiger partial charge in [0.1, 0.15) is 0 Å². The van der Waals surface area contributed by atoms with Crippen molar-refractivity contribution in [2.24, 2.45) is 5.41 Å². The van der Waals surface area contributed by atoms with Gasteiger partial charge in [-0.15, -0.1) is 12.6 Å². The Balaban J connectivity index is 1.80. The Morgan fingerprint density at radius 2 is 2.00 bits per heavy atom. The van der Waals surface area contributed by atoms with Crippen molar-refractivity contribution in [3.63, 3.8) is 0 Å². The van der Waals surface area contributed by atoms with E-state index in [0.29, 0.717) is 11.8 Å². The van der Waals surface area contributed by atoms with Crippen LogP contribution in [0.3, 0.4) is 0 Å². The maximum atomic E-state index is 11.6. The average molecular weight is 235 g/mol. The third kappa shape index (κ3) is 3.27. The fraction of sp³-hybridized carbons (Fsp3) is 0.462. The van der Waals surface area contributed by atoms with E-state index in [4.69, 9.17) is 0 Å². The van der Waals surface area contributed by atoms with Crippen LogP contribution in [0, 0.1) is 5.41 Å². The molecule has 1 amide bonds. The van der Waals surface area contributed by atoms with Gasteiger partial charge in [-0.25, -0.2) is 0 Å². The standard InChI is InChI=1S/C13H17NOS/c1-13(6-7-13)9-14-12(15)8-10-2-4-11(16)5-3-10/h2-5,16H,6-9H2,1H3,(H,14,15). The van der Waals surface area contributed by atoms with Crippen molar-refractivity contribution in [3.8, 4) is 0 Å². The predicted molar refractivity (Wildman–Crippen MR) is 67.7 cm³/mol. The molecule has 0 aromatic heterocycles. The minimum atomic E-state index is 0.111. The lowest BCUT2D eigenvalue weighted by Crippen LogP contribution is -2.30. The lowest BCUT2D eigenvalue weighted by atomic mass is 10.1. The minimum Gasteiger partial charge on any atom is -0.355 e. The number of benzene rings is 1. The lowest BCUT2D eigenvalue weighted by molar-refractivity contribution is -0.120. The van der Waals surface area contributed by atoms with E-state index in [9.17, 15) is 4.79 Å². The molecule has 0 saturated heterocycles. The van der Waals surface area contributed by atoms with Crippen molar-refractivity contribution in [2.45, 2.75) is 31.1 Å². The van der Waals surface area contributed by atoms with Gasteiger partial charge in [0.25, 0.3) is 0 Å². The highest BCUT2D eigenvalue weighted by atomic mass is 32.1. The second-order valence-corrected chi connectivity index (χ2v) is 5.45. The van der Waals surface area contributed by atoms with E-state index in [1.807, 2.05) is 24.3 Å². The Kier molecular flexibility index (Phi) is 3.24. The number of carbonyl (C=O) groups excluding carboxylic acids is 1. The maximum Gasteiger partial charge on any atom is 0.224 e. The number of amides is 1. The molecule has 2 rings (SSSR count). The summed E-state index contributed by atoms with van der Waals surface area (Å²) in [6.07, 6.45) is 2.94. The molecular formula is C13H17NOS. The summed E-state index contributed by atoms with van der Waals surface area (Å²) in [6, 6.07) is 7.71. The van der Waals surface area contributed by atoms with Crippen LogP contribution in [-0.2, 0) is 11.2 Å². The summed E-state index contributed by atoms with van der Waals surface area (Å²) in [5, 5.41) is 2.99. The van der Waals surface area contributed by atoms with Crippen LogP contribution in [0.25, 0.3) is 0 Å². The molecule has 1 aromatic rings. The monoisotopic (exact) mass is 235 g/mol. The van der Waals surface area contributed by atoms with E-state index in [2.05, 4.69) is 24.9 Å². The highest BCUT2D eigenvalue weighted by molar-refractivity contribution is 7.80. The third-order valence-corrected chi connectivity index (χ3v) is 3.42. The maximum absolute atomic E-state index is 11.6. The molecule has 1 aliphatic rings. The van der Waals surface area contributed by atoms with Crippen molar-refractivity contribution in [1.29, 1.82) is 0 Å². The Labute approximate surface area is 102 Å². The molecule has 1 saturated carbocycles. The molecule has 0 aliphatic heterocycles. The molecule has 0 bridgehead atoms. The first kappa shape index (κ1) is 11.5. The summed E-state index contributed by atoms with van der Waals surface area (Å²) < 4.78 is 0. The van der Waals surface area contributed by atoms with Gasteiger partial charge in [-0.2, -0.15) is 0 Å². The van der Waals surface area contributed by atoms with Crippen LogP contribution in [0.1, 0.15) is 25.3 Å². The van der Waals surface area contributed by atoms with Gasteiger partial charge in [0.15, 0.2) is 0 Å². The molecule has 1 N–H and O–H groups in total. The molecule has 16 heavy (non-hydrogen) atoms. The quantitative estimate of drug-likeness (QED) is 0.771. The first-order valence-electron chi connectivity index (χ1n) is 5.62. The van der Waals surface area contributed by atoms with Crippen LogP contribution in [0.2, 0.25) is 0 Å². The molecule has 0 heterocycles. The number of hydrogen-bond acceptors (Lipinski definition) is 2. The number of nitrogens with one attached hydrogen (secondary N) is 1. The zero-order chi connectivity index (χ0) is 11.6. The van der Waals surface area contributed by atoms with Gasteiger partial charge in [-0.05, 0) is 36.0 Å². The van der Waals surface area contributed by atoms with Crippen molar-refractivity contribution in [1.82, 2.24) is 5.32 Å². The van der Waals surface area contributed by atoms with Crippen LogP contribution in [0.15, 0.2) is 29.2 Å². The van der Waals surface area contributed by atoms with E-state index in [1.165, 1.54) is 12.8 Å². The minimum absolute atomic E-state index is 0.111. The molecule has 0 atom stereocenters. The smallest absolute Gasteiger partial charge is 0.224 e. The van der Waals surface area contributed by atoms with Crippen LogP contribution in [-0.4, -0.2) is 12.5 Å². The van der Waals surface area contributed by atoms with Crippen LogP contribution < -0.4 is 5.32 Å². The second kappa shape index (κ2) is 4.50. The number of carbonyl (C=O) groups is 1. The molecule has 1 aromatic carbocycles. The Morgan fingerprint density at radius 1 is 1.38 bits per heavy atom. The topological polar surface area (TPSA) is 29.1 Å². The Morgan fingerprint density at radius 3 is 2.56 bits per heavy atom. The SMILES string of the molecule is CC1(CNC(=O)Cc2ccc(S)cc2)CC1. The summed E-state index contributed by atoms with van der Waals surface area (Å²) >= 11 is 4.21. The summed E-state index contributed by atoms with van der Waals surface area (Å²) in [4.78, 5) is 12.6. The molecule has 0 spiro atoms. The van der Waals surface area contributed by atoms with Gasteiger partial charge < -0.3 is 5.32 Å². The molecule has 1 fully saturated rings. The molecule has 0 radical (unpaired) electrons. The van der Waals surface area contributed by atoms with Gasteiger partial charge >= 0.3 is 0 Å². The Bertz CT molecular complexity index is 381. The lowest BCUT2D eigenvalue weighted by Gasteiger charge is -2.10. The summed E-state index contributed by atoms with van der Waals surface area (Å²) in [6.45, 7) is 3.03. The molecule has 3 heteroatoms. The van der Waals surface area contributed by atoms with Gasteiger partial charge in [-0.3, -0.25) is 4.79 Å². The summed E-state index contributed by atoms with van der Waals surface area (Å²) in [7, 11) is 0. The van der Waals surface area contributed by atoms with Crippen molar-refractivity contribution < 1.29 is 4.79 Å². The normalized spacial score (nSPS) is 16.9. The van der Waals surface area contributed by atoms with Gasteiger partial charge in [0, 0.05) is 11.4 Å². The van der Waals surface area contributed by atoms with E-state index in [-0.39, 0.29) is 5.91 Å². The largest absolute Gasteiger partial charge is 0.355 e. The summed E-state index contributed by atoms with van der Waals surface area (Å²) in [5.41, 5.74) is 1.42. The van der Waals surface area contributed by atoms with Gasteiger partial charge in [-0.1, -0.05) is 19.1 Å². The number of hydrogen-bond donors (Lipinski definition) is 2. The first-order valence-corrected chi connectivity index (χ1v) is 6.07. The third-order valence-electron chi connectivity index (χ3n) is 3.12. The molecule has 0 unspecified atom stereocenters. The molecule has 1 aliphatic carbocycles. The fourth-order valence-electron chi connectivity index (χ4n) is 1.56. The van der Waals surface area contributed by atoms with E-state index in [1.54, 1.807) is 0 Å². The van der Waals surface area contributed by atoms with E-state index in [0.717, 1.165) is 17.0 Å². The highest BCUT2D eigenvalue weighted by Crippen LogP contribution is 2.43. The molecule has 86 valence electrons. The van der Waals surface area contributed by atoms with Crippen LogP contribution >= 0.6 is 12.6 Å². The van der Waals surface area contributed by atoms with Gasteiger partial charge in [0.05, 0.1) is 6.42 Å². The molecular weight excluding hydrogens is 218 g/mol. The van der Waals surface area contributed by atoms with Crippen molar-refractivity contribution in [2.75, 3.05) is 6.54 Å². The van der Waals surface area contributed by atoms with Crippen molar-refractivity contribution in [3.05, 3.63) is 29.8 Å². The van der Waals surface area contributed by atoms with Crippen LogP contribution in [0.4, 0.5) is 0 Å². The number of thiol groups is 1. The van der Waals surface area contributed by atoms with E-state index < -0.39 is 0 Å². The highest BCUT2D eigenvalue weighted by Gasteiger charge is 2.37. The second-order valence-electron chi connectivity index (χ2n) is 4.93. The Hall–Kier alpha value is -0.960. The first-order chi connectivity index (χ1) is 7.57. The van der Waals surface area contributed by atoms with E-state index >= 15 is 0 Å². The fourth-order valence-corrected chi connectivity index (χ4v) is 1.71. The average Bonchev–Trinajstić information content (AvgIpc) is 2.98. The zero-order valence-corrected chi connectivity index (χ0v) is 10.4. The van der Waals surface area contributed by atoms with Gasteiger partial charge in [0.2, 0.25) is 5.91 Å².